The van der Waals surface area contributed by atoms with E-state index in [1.165, 1.54) is 12.1 Å². The van der Waals surface area contributed by atoms with Crippen LogP contribution in [0, 0.1) is 26.9 Å². The van der Waals surface area contributed by atoms with Crippen molar-refractivity contribution in [3.63, 3.8) is 0 Å². The van der Waals surface area contributed by atoms with E-state index in [9.17, 15) is 14.9 Å². The van der Waals surface area contributed by atoms with Gasteiger partial charge in [0.1, 0.15) is 0 Å². The lowest BCUT2D eigenvalue weighted by atomic mass is 10.1. The van der Waals surface area contributed by atoms with E-state index >= 15 is 0 Å². The van der Waals surface area contributed by atoms with Crippen LogP contribution in [0.5, 0.6) is 5.75 Å². The molecule has 0 amide bonds. The first kappa shape index (κ1) is 13.8. The van der Waals surface area contributed by atoms with Crippen molar-refractivity contribution in [1.82, 2.24) is 0 Å². The number of carboxylic acids is 1. The molecule has 1 N–H and O–H groups in total. The molecule has 2 rings (SSSR count). The summed E-state index contributed by atoms with van der Waals surface area (Å²) in [6.45, 7) is 0.230. The first-order chi connectivity index (χ1) is 9.47. The van der Waals surface area contributed by atoms with Gasteiger partial charge in [-0.25, -0.2) is 4.79 Å². The molecule has 7 nitrogen and oxygen atoms in total. The maximum absolute atomic E-state index is 10.9. The standard InChI is InChI=1S/C13H12N2O5/c14-6-5-13(3-4-13)8-20-11-2-1-9(12(16)17)7-10(11)15(18)19/h1-2,7H,3-5,8H2,(H,16,17). The summed E-state index contributed by atoms with van der Waals surface area (Å²) in [6, 6.07) is 5.59. The highest BCUT2D eigenvalue weighted by atomic mass is 16.6. The first-order valence-corrected chi connectivity index (χ1v) is 5.99. The van der Waals surface area contributed by atoms with Crippen molar-refractivity contribution in [3.8, 4) is 11.8 Å². The number of nitrogens with zero attached hydrogens (tertiary/aromatic N) is 2. The predicted octanol–water partition coefficient (Wildman–Crippen LogP) is 2.37. The number of hydrogen-bond acceptors (Lipinski definition) is 5. The van der Waals surface area contributed by atoms with Crippen LogP contribution in [0.15, 0.2) is 18.2 Å². The van der Waals surface area contributed by atoms with Crippen molar-refractivity contribution in [1.29, 1.82) is 5.26 Å². The average molecular weight is 276 g/mol. The van der Waals surface area contributed by atoms with Crippen LogP contribution in [0.1, 0.15) is 29.6 Å². The van der Waals surface area contributed by atoms with Gasteiger partial charge in [0.05, 0.1) is 23.2 Å². The quantitative estimate of drug-likeness (QED) is 0.630. The van der Waals surface area contributed by atoms with Crippen molar-refractivity contribution in [2.75, 3.05) is 6.61 Å². The third kappa shape index (κ3) is 2.85. The van der Waals surface area contributed by atoms with Crippen LogP contribution in [-0.2, 0) is 0 Å². The number of carbonyl (C=O) groups is 1. The SMILES string of the molecule is N#CCC1(COc2ccc(C(=O)O)cc2[N+](=O)[O-])CC1. The van der Waals surface area contributed by atoms with Crippen molar-refractivity contribution < 1.29 is 19.6 Å². The summed E-state index contributed by atoms with van der Waals surface area (Å²) in [6.07, 6.45) is 2.08. The van der Waals surface area contributed by atoms with Gasteiger partial charge in [-0.15, -0.1) is 0 Å². The van der Waals surface area contributed by atoms with E-state index in [4.69, 9.17) is 15.1 Å². The fraction of sp³-hybridized carbons (Fsp3) is 0.385. The minimum absolute atomic E-state index is 0.0317. The molecule has 0 atom stereocenters. The summed E-state index contributed by atoms with van der Waals surface area (Å²) in [7, 11) is 0. The predicted molar refractivity (Wildman–Crippen MR) is 67.4 cm³/mol. The van der Waals surface area contributed by atoms with Crippen LogP contribution in [-0.4, -0.2) is 22.6 Å². The summed E-state index contributed by atoms with van der Waals surface area (Å²) in [5.74, 6) is -1.20. The van der Waals surface area contributed by atoms with Gasteiger partial charge >= 0.3 is 11.7 Å². The fourth-order valence-corrected chi connectivity index (χ4v) is 1.86. The molecule has 1 aromatic rings. The van der Waals surface area contributed by atoms with Crippen LogP contribution in [0.3, 0.4) is 0 Å². The monoisotopic (exact) mass is 276 g/mol. The lowest BCUT2D eigenvalue weighted by Crippen LogP contribution is -2.13. The second-order valence-corrected chi connectivity index (χ2v) is 4.87. The molecule has 0 saturated heterocycles. The maximum Gasteiger partial charge on any atom is 0.335 e. The number of rotatable bonds is 6. The Morgan fingerprint density at radius 2 is 2.25 bits per heavy atom. The third-order valence-electron chi connectivity index (χ3n) is 3.35. The Kier molecular flexibility index (Phi) is 3.57. The highest BCUT2D eigenvalue weighted by Gasteiger charge is 2.43. The first-order valence-electron chi connectivity index (χ1n) is 5.99. The number of nitro benzene ring substituents is 1. The van der Waals surface area contributed by atoms with Crippen LogP contribution in [0.4, 0.5) is 5.69 Å². The summed E-state index contributed by atoms with van der Waals surface area (Å²) in [5, 5.41) is 28.5. The van der Waals surface area contributed by atoms with E-state index in [0.29, 0.717) is 6.42 Å². The number of nitro groups is 1. The van der Waals surface area contributed by atoms with Crippen molar-refractivity contribution in [2.45, 2.75) is 19.3 Å². The molecule has 1 fully saturated rings. The Morgan fingerprint density at radius 1 is 1.55 bits per heavy atom. The highest BCUT2D eigenvalue weighted by molar-refractivity contribution is 5.88. The molecular weight excluding hydrogens is 264 g/mol. The van der Waals surface area contributed by atoms with Crippen molar-refractivity contribution in [2.24, 2.45) is 5.41 Å². The lowest BCUT2D eigenvalue weighted by Gasteiger charge is -2.13. The number of aromatic carboxylic acids is 1. The van der Waals surface area contributed by atoms with Crippen molar-refractivity contribution in [3.05, 3.63) is 33.9 Å². The molecule has 104 valence electrons. The van der Waals surface area contributed by atoms with Gasteiger partial charge in [-0.2, -0.15) is 5.26 Å². The van der Waals surface area contributed by atoms with Gasteiger partial charge in [-0.3, -0.25) is 10.1 Å². The van der Waals surface area contributed by atoms with E-state index in [-0.39, 0.29) is 29.0 Å². The molecule has 7 heteroatoms. The number of benzene rings is 1. The Balaban J connectivity index is 2.17. The number of hydrogen-bond donors (Lipinski definition) is 1. The van der Waals surface area contributed by atoms with Gasteiger partial charge < -0.3 is 9.84 Å². The largest absolute Gasteiger partial charge is 0.486 e. The molecule has 0 radical (unpaired) electrons. The summed E-state index contributed by atoms with van der Waals surface area (Å²) < 4.78 is 5.43. The molecule has 0 spiro atoms. The molecule has 0 bridgehead atoms. The van der Waals surface area contributed by atoms with E-state index in [1.807, 2.05) is 0 Å². The van der Waals surface area contributed by atoms with Crippen LogP contribution in [0.25, 0.3) is 0 Å². The van der Waals surface area contributed by atoms with E-state index < -0.39 is 10.9 Å². The zero-order valence-corrected chi connectivity index (χ0v) is 10.5. The Hall–Kier alpha value is -2.62. The highest BCUT2D eigenvalue weighted by Crippen LogP contribution is 2.49. The lowest BCUT2D eigenvalue weighted by molar-refractivity contribution is -0.386. The Labute approximate surface area is 114 Å². The normalized spacial score (nSPS) is 15.2. The Morgan fingerprint density at radius 3 is 2.75 bits per heavy atom. The molecule has 0 heterocycles. The summed E-state index contributed by atoms with van der Waals surface area (Å²) in [5.41, 5.74) is -0.742. The molecule has 1 aliphatic rings. The van der Waals surface area contributed by atoms with Gasteiger partial charge in [0, 0.05) is 17.9 Å². The van der Waals surface area contributed by atoms with Gasteiger partial charge in [-0.05, 0) is 25.0 Å². The molecule has 0 unspecified atom stereocenters. The zero-order valence-electron chi connectivity index (χ0n) is 10.5. The molecule has 0 aromatic heterocycles. The van der Waals surface area contributed by atoms with Gasteiger partial charge in [0.25, 0.3) is 0 Å². The number of ether oxygens (including phenoxy) is 1. The molecule has 0 aliphatic heterocycles. The molecule has 1 saturated carbocycles. The summed E-state index contributed by atoms with van der Waals surface area (Å²) >= 11 is 0. The minimum atomic E-state index is -1.23. The van der Waals surface area contributed by atoms with Gasteiger partial charge in [0.2, 0.25) is 0 Å². The van der Waals surface area contributed by atoms with E-state index in [1.54, 1.807) is 0 Å². The number of nitriles is 1. The molecule has 20 heavy (non-hydrogen) atoms. The van der Waals surface area contributed by atoms with E-state index in [2.05, 4.69) is 6.07 Å². The third-order valence-corrected chi connectivity index (χ3v) is 3.35. The zero-order chi connectivity index (χ0) is 14.8. The second kappa shape index (κ2) is 5.17. The topological polar surface area (TPSA) is 113 Å². The van der Waals surface area contributed by atoms with Crippen LogP contribution < -0.4 is 4.74 Å². The maximum atomic E-state index is 10.9. The molecule has 1 aromatic carbocycles. The van der Waals surface area contributed by atoms with Gasteiger partial charge in [0.15, 0.2) is 5.75 Å². The average Bonchev–Trinajstić information content (AvgIpc) is 3.16. The summed E-state index contributed by atoms with van der Waals surface area (Å²) in [4.78, 5) is 21.1. The fourth-order valence-electron chi connectivity index (χ4n) is 1.86. The van der Waals surface area contributed by atoms with Crippen LogP contribution in [0.2, 0.25) is 0 Å². The molecule has 1 aliphatic carbocycles. The van der Waals surface area contributed by atoms with Crippen molar-refractivity contribution >= 4 is 11.7 Å². The Bertz CT molecular complexity index is 601. The molecular formula is C13H12N2O5. The second-order valence-electron chi connectivity index (χ2n) is 4.87. The van der Waals surface area contributed by atoms with Crippen LogP contribution >= 0.6 is 0 Å². The van der Waals surface area contributed by atoms with E-state index in [0.717, 1.165) is 18.9 Å². The minimum Gasteiger partial charge on any atom is -0.486 e. The number of carboxylic acid groups (broad SMARTS) is 1. The smallest absolute Gasteiger partial charge is 0.335 e. The van der Waals surface area contributed by atoms with Gasteiger partial charge in [-0.1, -0.05) is 0 Å².